The summed E-state index contributed by atoms with van der Waals surface area (Å²) in [5.74, 6) is -0.408. The molecule has 316 valence electrons. The van der Waals surface area contributed by atoms with Gasteiger partial charge in [0.15, 0.2) is 13.9 Å². The smallest absolute Gasteiger partial charge is 0.419 e. The number of ether oxygens (including phenoxy) is 1. The Morgan fingerprint density at radius 3 is 2.47 bits per heavy atom. The molecule has 0 radical (unpaired) electrons. The van der Waals surface area contributed by atoms with Crippen molar-refractivity contribution < 1.29 is 23.5 Å². The predicted octanol–water partition coefficient (Wildman–Crippen LogP) is 9.11. The number of pyridine rings is 1. The Labute approximate surface area is 351 Å². The van der Waals surface area contributed by atoms with Gasteiger partial charge in [-0.25, -0.2) is 9.59 Å². The lowest BCUT2D eigenvalue weighted by atomic mass is 9.94. The van der Waals surface area contributed by atoms with E-state index in [0.717, 1.165) is 64.4 Å². The second-order valence-corrected chi connectivity index (χ2v) is 22.3. The van der Waals surface area contributed by atoms with E-state index < -0.39 is 20.2 Å². The Morgan fingerprint density at radius 1 is 0.967 bits per heavy atom. The van der Waals surface area contributed by atoms with E-state index >= 15 is 0 Å². The molecule has 13 heteroatoms. The second kappa shape index (κ2) is 18.0. The van der Waals surface area contributed by atoms with Gasteiger partial charge in [-0.1, -0.05) is 75.4 Å². The third-order valence-corrected chi connectivity index (χ3v) is 16.6. The number of aromatic amines is 1. The molecule has 1 aliphatic carbocycles. The van der Waals surface area contributed by atoms with E-state index in [1.807, 2.05) is 66.7 Å². The molecule has 6 aromatic rings. The van der Waals surface area contributed by atoms with Crippen LogP contribution in [0.1, 0.15) is 75.7 Å². The van der Waals surface area contributed by atoms with Gasteiger partial charge in [0.2, 0.25) is 5.56 Å². The fourth-order valence-electron chi connectivity index (χ4n) is 7.72. The first-order chi connectivity index (χ1) is 28.6. The molecule has 6 N–H and O–H groups in total. The Bertz CT molecular complexity index is 2570. The number of nitrogens with one attached hydrogen (secondary N) is 3. The molecule has 0 unspecified atom stereocenters. The van der Waals surface area contributed by atoms with E-state index in [-0.39, 0.29) is 34.6 Å². The molecule has 60 heavy (non-hydrogen) atoms. The van der Waals surface area contributed by atoms with Gasteiger partial charge in [0, 0.05) is 42.7 Å². The van der Waals surface area contributed by atoms with Crippen molar-refractivity contribution in [1.29, 1.82) is 0 Å². The van der Waals surface area contributed by atoms with Gasteiger partial charge in [0.05, 0.1) is 22.8 Å². The first-order valence-corrected chi connectivity index (χ1v) is 23.8. The molecule has 1 aliphatic rings. The Balaban J connectivity index is 1.04. The number of benzene rings is 4. The molecule has 0 spiro atoms. The van der Waals surface area contributed by atoms with Crippen LogP contribution < -0.4 is 27.7 Å². The van der Waals surface area contributed by atoms with E-state index in [1.165, 1.54) is 6.07 Å². The highest BCUT2D eigenvalue weighted by molar-refractivity contribution is 6.74. The summed E-state index contributed by atoms with van der Waals surface area (Å²) >= 11 is 0. The second-order valence-electron chi connectivity index (χ2n) is 17.5. The molecular weight excluding hydrogens is 775 g/mol. The number of carbonyl (C=O) groups excluding carboxylic acids is 1. The lowest BCUT2D eigenvalue weighted by molar-refractivity contribution is 0.0826. The lowest BCUT2D eigenvalue weighted by Crippen LogP contribution is -2.43. The molecule has 4 aromatic carbocycles. The SMILES string of the molecule is CC(C)(C)[Si](C)(C)O[C@@H](CNCc1ccc2oc(=O)n(CCCc3ccc(-c4ccccc4)c(NC(=O)O[C@H]4CC[C@H](N)CC4)c3)c2c1)c1ccc(O)c2[nH]c(=O)ccc12. The standard InChI is InChI=1S/C47H57N5O7Si/c1-47(2,3)60(4,5)59-42(36-20-22-40(53)44-37(36)21-24-43(54)51-44)29-49-28-31-14-23-41-39(27-31)52(46(56)58-41)25-9-10-30-13-19-35(32-11-7-6-8-12-32)38(26-30)50-45(55)57-34-17-15-33(48)16-18-34/h6-8,11-14,19-24,26-27,33-34,42,49,53H,9-10,15-18,25,28-29,48H2,1-5H3,(H,50,55)(H,51,54)/t33-,34-,42-/m0/s1. The fourth-order valence-corrected chi connectivity index (χ4v) is 9.00. The van der Waals surface area contributed by atoms with Gasteiger partial charge in [-0.15, -0.1) is 0 Å². The number of nitrogens with zero attached hydrogens (tertiary/aromatic N) is 1. The number of amides is 1. The number of anilines is 1. The quantitative estimate of drug-likeness (QED) is 0.0671. The minimum atomic E-state index is -2.26. The summed E-state index contributed by atoms with van der Waals surface area (Å²) in [7, 11) is -2.26. The minimum absolute atomic E-state index is 0.00544. The van der Waals surface area contributed by atoms with Crippen LogP contribution in [-0.2, 0) is 28.7 Å². The van der Waals surface area contributed by atoms with Gasteiger partial charge in [-0.3, -0.25) is 14.7 Å². The summed E-state index contributed by atoms with van der Waals surface area (Å²) in [5.41, 5.74) is 12.8. The summed E-state index contributed by atoms with van der Waals surface area (Å²) < 4.78 is 20.1. The van der Waals surface area contributed by atoms with Gasteiger partial charge >= 0.3 is 11.8 Å². The topological polar surface area (TPSA) is 174 Å². The number of aryl methyl sites for hydroxylation is 2. The highest BCUT2D eigenvalue weighted by Gasteiger charge is 2.40. The van der Waals surface area contributed by atoms with Gasteiger partial charge < -0.3 is 34.7 Å². The van der Waals surface area contributed by atoms with Crippen LogP contribution in [0.5, 0.6) is 5.75 Å². The van der Waals surface area contributed by atoms with Crippen molar-refractivity contribution in [3.05, 3.63) is 129 Å². The van der Waals surface area contributed by atoms with Crippen molar-refractivity contribution in [1.82, 2.24) is 14.9 Å². The maximum Gasteiger partial charge on any atom is 0.419 e. The molecule has 2 aromatic heterocycles. The van der Waals surface area contributed by atoms with E-state index in [9.17, 15) is 19.5 Å². The van der Waals surface area contributed by atoms with Gasteiger partial charge in [-0.2, -0.15) is 0 Å². The zero-order valence-corrected chi connectivity index (χ0v) is 36.2. The highest BCUT2D eigenvalue weighted by atomic mass is 28.4. The molecule has 7 rings (SSSR count). The van der Waals surface area contributed by atoms with Crippen LogP contribution in [0.4, 0.5) is 10.5 Å². The number of phenols is 1. The highest BCUT2D eigenvalue weighted by Crippen LogP contribution is 2.41. The number of hydrogen-bond acceptors (Lipinski definition) is 9. The molecule has 1 saturated carbocycles. The van der Waals surface area contributed by atoms with E-state index in [4.69, 9.17) is 19.3 Å². The first kappa shape index (κ1) is 42.6. The molecule has 2 heterocycles. The summed E-state index contributed by atoms with van der Waals surface area (Å²) in [6.45, 7) is 12.4. The largest absolute Gasteiger partial charge is 0.506 e. The maximum absolute atomic E-state index is 13.1. The number of aromatic nitrogens is 2. The van der Waals surface area contributed by atoms with Crippen LogP contribution in [0.15, 0.2) is 105 Å². The molecule has 1 amide bonds. The minimum Gasteiger partial charge on any atom is -0.506 e. The first-order valence-electron chi connectivity index (χ1n) is 20.9. The maximum atomic E-state index is 13.1. The number of fused-ring (bicyclic) bond motifs is 2. The third-order valence-electron chi connectivity index (χ3n) is 12.1. The van der Waals surface area contributed by atoms with Crippen LogP contribution in [0, 0.1) is 0 Å². The Kier molecular flexibility index (Phi) is 12.8. The third kappa shape index (κ3) is 9.93. The number of carbonyl (C=O) groups is 1. The molecular formula is C47H57N5O7Si. The molecule has 0 bridgehead atoms. The van der Waals surface area contributed by atoms with Crippen LogP contribution in [0.25, 0.3) is 33.1 Å². The summed E-state index contributed by atoms with van der Waals surface area (Å²) in [6, 6.07) is 28.6. The number of H-pyrrole nitrogens is 1. The van der Waals surface area contributed by atoms with E-state index in [2.05, 4.69) is 55.5 Å². The number of phenolic OH excluding ortho intramolecular Hbond substituents is 1. The Morgan fingerprint density at radius 2 is 1.72 bits per heavy atom. The van der Waals surface area contributed by atoms with Crippen molar-refractivity contribution in [2.45, 2.75) is 109 Å². The number of aromatic hydroxyl groups is 1. The van der Waals surface area contributed by atoms with Crippen molar-refractivity contribution in [2.24, 2.45) is 5.73 Å². The molecule has 0 aliphatic heterocycles. The number of nitrogens with two attached hydrogens (primary N) is 1. The van der Waals surface area contributed by atoms with Gasteiger partial charge in [-0.05, 0) is 109 Å². The zero-order chi connectivity index (χ0) is 42.6. The summed E-state index contributed by atoms with van der Waals surface area (Å²) in [5, 5.41) is 17.9. The monoisotopic (exact) mass is 831 g/mol. The van der Waals surface area contributed by atoms with Crippen LogP contribution in [0.3, 0.4) is 0 Å². The Hall–Kier alpha value is -5.47. The van der Waals surface area contributed by atoms with Gasteiger partial charge in [0.25, 0.3) is 0 Å². The molecule has 0 saturated heterocycles. The normalized spacial score (nSPS) is 16.6. The molecule has 12 nitrogen and oxygen atoms in total. The van der Waals surface area contributed by atoms with Crippen LogP contribution >= 0.6 is 0 Å². The van der Waals surface area contributed by atoms with Crippen molar-refractivity contribution in [3.63, 3.8) is 0 Å². The summed E-state index contributed by atoms with van der Waals surface area (Å²) in [4.78, 5) is 41.2. The van der Waals surface area contributed by atoms with E-state index in [1.54, 1.807) is 16.7 Å². The van der Waals surface area contributed by atoms with E-state index in [0.29, 0.717) is 49.3 Å². The van der Waals surface area contributed by atoms with Crippen LogP contribution in [-0.4, -0.2) is 47.8 Å². The van der Waals surface area contributed by atoms with Crippen molar-refractivity contribution in [3.8, 4) is 16.9 Å². The van der Waals surface area contributed by atoms with Gasteiger partial charge in [0.1, 0.15) is 11.9 Å². The molecule has 1 atom stereocenters. The summed E-state index contributed by atoms with van der Waals surface area (Å²) in [6.07, 6.45) is 3.54. The number of hydrogen-bond donors (Lipinski definition) is 5. The average Bonchev–Trinajstić information content (AvgIpc) is 3.52. The van der Waals surface area contributed by atoms with Crippen molar-refractivity contribution >= 4 is 42.1 Å². The van der Waals surface area contributed by atoms with Crippen molar-refractivity contribution in [2.75, 3.05) is 11.9 Å². The predicted molar refractivity (Wildman–Crippen MR) is 240 cm³/mol. The number of rotatable bonds is 14. The number of oxazole rings is 1. The fraction of sp³-hybridized carbons (Fsp3) is 0.383. The lowest BCUT2D eigenvalue weighted by Gasteiger charge is -2.39. The molecule has 1 fully saturated rings. The average molecular weight is 832 g/mol. The van der Waals surface area contributed by atoms with Crippen LogP contribution in [0.2, 0.25) is 18.1 Å². The zero-order valence-electron chi connectivity index (χ0n) is 35.2.